The lowest BCUT2D eigenvalue weighted by molar-refractivity contribution is 0.769. The zero-order valence-electron chi connectivity index (χ0n) is 40.3. The number of aromatic nitrogens is 2. The molecule has 346 valence electrons. The lowest BCUT2D eigenvalue weighted by Crippen LogP contribution is -2.28. The largest absolute Gasteiger partial charge is 0.242 e. The van der Waals surface area contributed by atoms with Crippen LogP contribution in [0.3, 0.4) is 0 Å². The van der Waals surface area contributed by atoms with Gasteiger partial charge in [-0.3, -0.25) is 0 Å². The lowest BCUT2D eigenvalue weighted by atomic mass is 9.67. The van der Waals surface area contributed by atoms with Crippen molar-refractivity contribution in [3.8, 4) is 55.3 Å². The minimum Gasteiger partial charge on any atom is -0.242 e. The maximum Gasteiger partial charge on any atom is 0.109 e. The zero-order chi connectivity index (χ0) is 49.8. The van der Waals surface area contributed by atoms with E-state index in [1.165, 1.54) is 66.8 Å². The van der Waals surface area contributed by atoms with Gasteiger partial charge < -0.3 is 0 Å². The molecule has 2 heterocycles. The summed E-state index contributed by atoms with van der Waals surface area (Å²) in [7, 11) is 0. The van der Waals surface area contributed by atoms with E-state index in [0.717, 1.165) is 53.5 Å². The van der Waals surface area contributed by atoms with Gasteiger partial charge in [-0.05, 0) is 125 Å². The molecule has 0 aliphatic heterocycles. The predicted molar refractivity (Wildman–Crippen MR) is 305 cm³/mol. The summed E-state index contributed by atoms with van der Waals surface area (Å²) in [5.74, 6) is 0. The number of rotatable bonds is 6. The highest BCUT2D eigenvalue weighted by Gasteiger charge is 2.48. The molecule has 0 fully saturated rings. The average molecular weight is 969 g/mol. The summed E-state index contributed by atoms with van der Waals surface area (Å²) in [6.45, 7) is 0. The number of hydrogen-bond acceptors (Lipinski definition) is 5. The molecule has 4 nitrogen and oxygen atoms in total. The quantitative estimate of drug-likeness (QED) is 0.156. The Bertz CT molecular complexity index is 4230. The van der Waals surface area contributed by atoms with Crippen LogP contribution in [0.25, 0.3) is 86.7 Å². The molecule has 0 saturated heterocycles. The molecule has 2 aliphatic carbocycles. The Morgan fingerprint density at radius 1 is 0.307 bits per heavy atom. The molecule has 0 bridgehead atoms. The van der Waals surface area contributed by atoms with Gasteiger partial charge in [-0.2, -0.15) is 10.5 Å². The molecule has 0 amide bonds. The van der Waals surface area contributed by atoms with Gasteiger partial charge in [0.1, 0.15) is 11.0 Å². The van der Waals surface area contributed by atoms with E-state index in [1.54, 1.807) is 11.3 Å². The van der Waals surface area contributed by atoms with Crippen molar-refractivity contribution < 1.29 is 0 Å². The van der Waals surface area contributed by atoms with Crippen LogP contribution >= 0.6 is 11.3 Å². The van der Waals surface area contributed by atoms with Gasteiger partial charge in [-0.25, -0.2) is 9.97 Å². The van der Waals surface area contributed by atoms with Crippen molar-refractivity contribution in [3.63, 3.8) is 0 Å². The zero-order valence-corrected chi connectivity index (χ0v) is 41.1. The minimum absolute atomic E-state index is 0.542. The first kappa shape index (κ1) is 42.9. The molecule has 2 aromatic heterocycles. The number of hydrogen-bond donors (Lipinski definition) is 0. The first-order chi connectivity index (χ1) is 37.1. The molecule has 0 radical (unpaired) electrons. The molecule has 11 aromatic carbocycles. The molecule has 5 heteroatoms. The van der Waals surface area contributed by atoms with Gasteiger partial charge in [0.25, 0.3) is 0 Å². The number of nitrogens with zero attached hydrogens (tertiary/aromatic N) is 4. The second-order valence-corrected chi connectivity index (χ2v) is 20.7. The highest BCUT2D eigenvalue weighted by atomic mass is 32.1. The highest BCUT2D eigenvalue weighted by molar-refractivity contribution is 7.20. The van der Waals surface area contributed by atoms with Crippen LogP contribution in [0.4, 0.5) is 0 Å². The minimum atomic E-state index is -0.604. The van der Waals surface area contributed by atoms with Gasteiger partial charge in [-0.15, -0.1) is 11.3 Å². The third kappa shape index (κ3) is 5.96. The fourth-order valence-corrected chi connectivity index (χ4v) is 14.1. The summed E-state index contributed by atoms with van der Waals surface area (Å²) in [6.07, 6.45) is 0. The predicted octanol–water partition coefficient (Wildman–Crippen LogP) is 17.0. The maximum atomic E-state index is 10.3. The van der Waals surface area contributed by atoms with Crippen molar-refractivity contribution >= 4 is 54.9 Å². The summed E-state index contributed by atoms with van der Waals surface area (Å²) >= 11 is 1.73. The van der Waals surface area contributed by atoms with Crippen molar-refractivity contribution in [2.75, 3.05) is 0 Å². The van der Waals surface area contributed by atoms with Gasteiger partial charge >= 0.3 is 0 Å². The van der Waals surface area contributed by atoms with E-state index >= 15 is 0 Å². The molecule has 15 rings (SSSR count). The van der Waals surface area contributed by atoms with Crippen molar-refractivity contribution in [3.05, 3.63) is 298 Å². The normalized spacial score (nSPS) is 13.5. The van der Waals surface area contributed by atoms with Crippen LogP contribution in [0.2, 0.25) is 0 Å². The number of thiophene rings is 1. The molecule has 0 saturated carbocycles. The lowest BCUT2D eigenvalue weighted by Gasteiger charge is -2.34. The highest BCUT2D eigenvalue weighted by Crippen LogP contribution is 2.59. The van der Waals surface area contributed by atoms with E-state index < -0.39 is 10.8 Å². The third-order valence-electron chi connectivity index (χ3n) is 16.1. The average Bonchev–Trinajstić information content (AvgIpc) is 4.12. The van der Waals surface area contributed by atoms with E-state index in [-0.39, 0.29) is 0 Å². The molecule has 13 aromatic rings. The Morgan fingerprint density at radius 3 is 1.03 bits per heavy atom. The summed E-state index contributed by atoms with van der Waals surface area (Å²) in [5.41, 5.74) is 19.5. The molecule has 0 spiro atoms. The van der Waals surface area contributed by atoms with Crippen molar-refractivity contribution in [2.24, 2.45) is 0 Å². The van der Waals surface area contributed by atoms with E-state index in [4.69, 9.17) is 9.97 Å². The third-order valence-corrected chi connectivity index (χ3v) is 17.3. The van der Waals surface area contributed by atoms with Crippen LogP contribution in [0.15, 0.2) is 243 Å². The Kier molecular flexibility index (Phi) is 9.35. The Morgan fingerprint density at radius 2 is 0.653 bits per heavy atom. The Hall–Kier alpha value is -9.78. The van der Waals surface area contributed by atoms with E-state index in [1.807, 2.05) is 36.4 Å². The first-order valence-corrected chi connectivity index (χ1v) is 26.1. The Labute approximate surface area is 437 Å². The van der Waals surface area contributed by atoms with Gasteiger partial charge in [0, 0.05) is 10.8 Å². The number of nitriles is 2. The van der Waals surface area contributed by atoms with E-state index in [2.05, 4.69) is 218 Å². The van der Waals surface area contributed by atoms with Crippen LogP contribution < -0.4 is 0 Å². The summed E-state index contributed by atoms with van der Waals surface area (Å²) in [5, 5.41) is 24.2. The van der Waals surface area contributed by atoms with Crippen molar-refractivity contribution in [2.45, 2.75) is 10.8 Å². The SMILES string of the molecule is N#Cc1ccc2c3ccc(C#N)cc3c3nc4c(-c5ccc6c(c5)C(c5ccccc5)(c5ccccc5)c5ccccc5-6)sc(-c5ccc6c(c5)C(c5ccccc5)(c5ccccc5)c5ccccc5-6)c4nc3c2c1. The summed E-state index contributed by atoms with van der Waals surface area (Å²) < 4.78 is 0. The van der Waals surface area contributed by atoms with Crippen LogP contribution in [-0.4, -0.2) is 9.97 Å². The summed E-state index contributed by atoms with van der Waals surface area (Å²) in [6, 6.07) is 91.8. The molecule has 0 N–H and O–H groups in total. The van der Waals surface area contributed by atoms with Gasteiger partial charge in [0.05, 0.1) is 54.9 Å². The number of fused-ring (bicyclic) bond motifs is 13. The molecule has 75 heavy (non-hydrogen) atoms. The van der Waals surface area contributed by atoms with Crippen LogP contribution in [0.5, 0.6) is 0 Å². The van der Waals surface area contributed by atoms with E-state index in [0.29, 0.717) is 22.2 Å². The van der Waals surface area contributed by atoms with Crippen LogP contribution in [-0.2, 0) is 10.8 Å². The molecular weight excluding hydrogens is 929 g/mol. The second kappa shape index (κ2) is 16.4. The van der Waals surface area contributed by atoms with Gasteiger partial charge in [0.2, 0.25) is 0 Å². The van der Waals surface area contributed by atoms with Crippen molar-refractivity contribution in [1.82, 2.24) is 9.97 Å². The van der Waals surface area contributed by atoms with Crippen molar-refractivity contribution in [1.29, 1.82) is 10.5 Å². The summed E-state index contributed by atoms with van der Waals surface area (Å²) in [4.78, 5) is 13.6. The molecule has 0 unspecified atom stereocenters. The number of benzene rings is 11. The van der Waals surface area contributed by atoms with Crippen LogP contribution in [0, 0.1) is 22.7 Å². The fourth-order valence-electron chi connectivity index (χ4n) is 13.0. The topological polar surface area (TPSA) is 73.4 Å². The smallest absolute Gasteiger partial charge is 0.109 e. The first-order valence-electron chi connectivity index (χ1n) is 25.2. The maximum absolute atomic E-state index is 10.3. The Balaban J connectivity index is 1.06. The van der Waals surface area contributed by atoms with Gasteiger partial charge in [-0.1, -0.05) is 206 Å². The van der Waals surface area contributed by atoms with Gasteiger partial charge in [0.15, 0.2) is 0 Å². The molecule has 0 atom stereocenters. The second-order valence-electron chi connectivity index (χ2n) is 19.7. The molecule has 2 aliphatic rings. The van der Waals surface area contributed by atoms with E-state index in [9.17, 15) is 10.5 Å². The monoisotopic (exact) mass is 968 g/mol. The molecular formula is C70H40N4S. The standard InChI is InChI=1S/C70H40N4S/c71-41-43-29-33-51-52-34-30-44(42-72)38-58(52)64-63(57(51)37-43)73-65-66(74-64)68(46-32-36-56-54-26-14-16-28-60(54)70(62(56)40-46,49-21-9-3-10-22-49)50-23-11-4-12-24-50)75-67(65)45-31-35-55-53-25-13-15-27-59(53)69(61(55)39-45,47-17-5-1-6-18-47)48-19-7-2-8-20-48/h1-40H. The van der Waals surface area contributed by atoms with Crippen LogP contribution in [0.1, 0.15) is 55.6 Å². The fraction of sp³-hybridized carbons (Fsp3) is 0.0286.